The van der Waals surface area contributed by atoms with E-state index in [1.165, 1.54) is 0 Å². The van der Waals surface area contributed by atoms with Crippen LogP contribution < -0.4 is 10.5 Å². The Morgan fingerprint density at radius 1 is 1.50 bits per heavy atom. The number of rotatable bonds is 5. The predicted octanol–water partition coefficient (Wildman–Crippen LogP) is 2.82. The monoisotopic (exact) mass is 219 g/mol. The Bertz CT molecular complexity index is 410. The second-order valence-electron chi connectivity index (χ2n) is 3.66. The van der Waals surface area contributed by atoms with Gasteiger partial charge in [-0.1, -0.05) is 19.1 Å². The highest BCUT2D eigenvalue weighted by Crippen LogP contribution is 2.22. The predicted molar refractivity (Wildman–Crippen MR) is 65.8 cm³/mol. The number of anilines is 1. The van der Waals surface area contributed by atoms with Crippen molar-refractivity contribution >= 4 is 11.5 Å². The molecule has 0 fully saturated rings. The number of hydrogen-bond acceptors (Lipinski definition) is 3. The van der Waals surface area contributed by atoms with Crippen molar-refractivity contribution in [1.29, 1.82) is 0 Å². The highest BCUT2D eigenvalue weighted by atomic mass is 16.5. The van der Waals surface area contributed by atoms with Crippen molar-refractivity contribution in [2.24, 2.45) is 0 Å². The number of nitrogen functional groups attached to an aromatic ring is 1. The minimum Gasteiger partial charge on any atom is -0.497 e. The Balaban J connectivity index is 2.88. The first kappa shape index (κ1) is 12.3. The van der Waals surface area contributed by atoms with Gasteiger partial charge in [-0.2, -0.15) is 0 Å². The molecule has 0 atom stereocenters. The number of hydrogen-bond donors (Lipinski definition) is 1. The Morgan fingerprint density at radius 2 is 2.19 bits per heavy atom. The van der Waals surface area contributed by atoms with Crippen molar-refractivity contribution in [3.05, 3.63) is 35.9 Å². The number of Topliss-reactive ketones (excluding diaryl/α,β-unsaturated/α-hetero) is 1. The maximum Gasteiger partial charge on any atom is 0.168 e. The molecule has 2 N–H and O–H groups in total. The fourth-order valence-corrected chi connectivity index (χ4v) is 1.37. The Labute approximate surface area is 95.9 Å². The van der Waals surface area contributed by atoms with Gasteiger partial charge in [0.2, 0.25) is 0 Å². The summed E-state index contributed by atoms with van der Waals surface area (Å²) in [6.45, 7) is 5.79. The third-order valence-corrected chi connectivity index (χ3v) is 2.47. The number of nitrogens with two attached hydrogens (primary N) is 1. The summed E-state index contributed by atoms with van der Waals surface area (Å²) >= 11 is 0. The van der Waals surface area contributed by atoms with Gasteiger partial charge in [0, 0.05) is 23.7 Å². The molecular weight excluding hydrogens is 202 g/mol. The van der Waals surface area contributed by atoms with E-state index in [-0.39, 0.29) is 5.78 Å². The van der Waals surface area contributed by atoms with Crippen molar-refractivity contribution in [3.63, 3.8) is 0 Å². The quantitative estimate of drug-likeness (QED) is 0.470. The molecule has 0 aliphatic rings. The number of methoxy groups -OCH3 is 1. The number of ketones is 1. The van der Waals surface area contributed by atoms with Gasteiger partial charge in [0.25, 0.3) is 0 Å². The lowest BCUT2D eigenvalue weighted by molar-refractivity contribution is 0.0993. The molecule has 0 unspecified atom stereocenters. The third kappa shape index (κ3) is 2.86. The largest absolute Gasteiger partial charge is 0.497 e. The minimum atomic E-state index is 0.00648. The van der Waals surface area contributed by atoms with Crippen LogP contribution in [0.4, 0.5) is 5.69 Å². The Hall–Kier alpha value is -1.77. The van der Waals surface area contributed by atoms with E-state index < -0.39 is 0 Å². The van der Waals surface area contributed by atoms with E-state index in [2.05, 4.69) is 6.58 Å². The Kier molecular flexibility index (Phi) is 4.11. The number of ether oxygens (including phenoxy) is 1. The molecule has 16 heavy (non-hydrogen) atoms. The maximum absolute atomic E-state index is 11.9. The van der Waals surface area contributed by atoms with Gasteiger partial charge in [0.05, 0.1) is 7.11 Å². The normalized spacial score (nSPS) is 9.88. The van der Waals surface area contributed by atoms with E-state index in [9.17, 15) is 4.79 Å². The van der Waals surface area contributed by atoms with Gasteiger partial charge in [-0.3, -0.25) is 4.79 Å². The average molecular weight is 219 g/mol. The van der Waals surface area contributed by atoms with Gasteiger partial charge >= 0.3 is 0 Å². The zero-order valence-corrected chi connectivity index (χ0v) is 9.75. The van der Waals surface area contributed by atoms with Crippen LogP contribution in [0.25, 0.3) is 0 Å². The van der Waals surface area contributed by atoms with Crippen LogP contribution in [0.15, 0.2) is 30.4 Å². The second-order valence-corrected chi connectivity index (χ2v) is 3.66. The van der Waals surface area contributed by atoms with Gasteiger partial charge in [-0.05, 0) is 18.6 Å². The van der Waals surface area contributed by atoms with Crippen molar-refractivity contribution in [3.8, 4) is 5.75 Å². The average Bonchev–Trinajstić information content (AvgIpc) is 2.28. The molecule has 3 nitrogen and oxygen atoms in total. The molecule has 0 saturated carbocycles. The minimum absolute atomic E-state index is 0.00648. The number of carbonyl (C=O) groups is 1. The SMILES string of the molecule is C=C(CC)CC(=O)c1ccc(OC)cc1N. The lowest BCUT2D eigenvalue weighted by atomic mass is 10.0. The number of allylic oxidation sites excluding steroid dienone is 1. The molecule has 0 amide bonds. The van der Waals surface area contributed by atoms with Crippen molar-refractivity contribution in [1.82, 2.24) is 0 Å². The van der Waals surface area contributed by atoms with Crippen molar-refractivity contribution in [2.45, 2.75) is 19.8 Å². The van der Waals surface area contributed by atoms with Crippen LogP contribution >= 0.6 is 0 Å². The van der Waals surface area contributed by atoms with Gasteiger partial charge in [-0.15, -0.1) is 0 Å². The Morgan fingerprint density at radius 3 is 2.69 bits per heavy atom. The first-order valence-corrected chi connectivity index (χ1v) is 5.21. The molecule has 1 rings (SSSR count). The van der Waals surface area contributed by atoms with E-state index >= 15 is 0 Å². The van der Waals surface area contributed by atoms with Crippen molar-refractivity contribution < 1.29 is 9.53 Å². The molecule has 1 aromatic rings. The van der Waals surface area contributed by atoms with E-state index in [1.54, 1.807) is 25.3 Å². The van der Waals surface area contributed by atoms with Crippen LogP contribution in [-0.4, -0.2) is 12.9 Å². The summed E-state index contributed by atoms with van der Waals surface area (Å²) in [4.78, 5) is 11.9. The molecule has 0 aliphatic carbocycles. The van der Waals surface area contributed by atoms with Gasteiger partial charge in [0.1, 0.15) is 5.75 Å². The molecule has 0 radical (unpaired) electrons. The lowest BCUT2D eigenvalue weighted by Crippen LogP contribution is -2.04. The van der Waals surface area contributed by atoms with E-state index in [0.717, 1.165) is 12.0 Å². The van der Waals surface area contributed by atoms with E-state index in [1.807, 2.05) is 6.92 Å². The molecule has 1 aromatic carbocycles. The molecule has 0 bridgehead atoms. The summed E-state index contributed by atoms with van der Waals surface area (Å²) in [5, 5.41) is 0. The fraction of sp³-hybridized carbons (Fsp3) is 0.308. The van der Waals surface area contributed by atoms with Gasteiger partial charge in [-0.25, -0.2) is 0 Å². The summed E-state index contributed by atoms with van der Waals surface area (Å²) in [6, 6.07) is 5.08. The van der Waals surface area contributed by atoms with Gasteiger partial charge < -0.3 is 10.5 Å². The van der Waals surface area contributed by atoms with Gasteiger partial charge in [0.15, 0.2) is 5.78 Å². The molecule has 0 heterocycles. The summed E-state index contributed by atoms with van der Waals surface area (Å²) < 4.78 is 5.02. The first-order valence-electron chi connectivity index (χ1n) is 5.21. The third-order valence-electron chi connectivity index (χ3n) is 2.47. The van der Waals surface area contributed by atoms with Crippen LogP contribution in [0.2, 0.25) is 0 Å². The lowest BCUT2D eigenvalue weighted by Gasteiger charge is -2.07. The second kappa shape index (κ2) is 5.35. The summed E-state index contributed by atoms with van der Waals surface area (Å²) in [6.07, 6.45) is 1.16. The highest BCUT2D eigenvalue weighted by Gasteiger charge is 2.11. The van der Waals surface area contributed by atoms with E-state index in [4.69, 9.17) is 10.5 Å². The number of benzene rings is 1. The molecule has 86 valence electrons. The van der Waals surface area contributed by atoms with Crippen LogP contribution in [0.1, 0.15) is 30.1 Å². The maximum atomic E-state index is 11.9. The zero-order chi connectivity index (χ0) is 12.1. The molecule has 3 heteroatoms. The molecule has 0 saturated heterocycles. The zero-order valence-electron chi connectivity index (χ0n) is 9.75. The molecular formula is C13H17NO2. The van der Waals surface area contributed by atoms with Crippen LogP contribution in [0.5, 0.6) is 5.75 Å². The summed E-state index contributed by atoms with van der Waals surface area (Å²) in [7, 11) is 1.56. The molecule has 0 spiro atoms. The smallest absolute Gasteiger partial charge is 0.168 e. The van der Waals surface area contributed by atoms with Crippen LogP contribution in [0, 0.1) is 0 Å². The topological polar surface area (TPSA) is 52.3 Å². The standard InChI is InChI=1S/C13H17NO2/c1-4-9(2)7-13(15)11-6-5-10(16-3)8-12(11)14/h5-6,8H,2,4,7,14H2,1,3H3. The van der Waals surface area contributed by atoms with Crippen molar-refractivity contribution in [2.75, 3.05) is 12.8 Å². The van der Waals surface area contributed by atoms with E-state index in [0.29, 0.717) is 23.4 Å². The molecule has 0 aliphatic heterocycles. The first-order chi connectivity index (χ1) is 7.58. The van der Waals surface area contributed by atoms with Crippen LogP contribution in [-0.2, 0) is 0 Å². The highest BCUT2D eigenvalue weighted by molar-refractivity contribution is 6.02. The summed E-state index contributed by atoms with van der Waals surface area (Å²) in [5.41, 5.74) is 7.69. The number of carbonyl (C=O) groups excluding carboxylic acids is 1. The summed E-state index contributed by atoms with van der Waals surface area (Å²) in [5.74, 6) is 0.662. The fourth-order valence-electron chi connectivity index (χ4n) is 1.37. The molecule has 0 aromatic heterocycles. The van der Waals surface area contributed by atoms with Crippen LogP contribution in [0.3, 0.4) is 0 Å².